The zero-order chi connectivity index (χ0) is 18.1. The minimum Gasteiger partial charge on any atom is -0.439 e. The van der Waals surface area contributed by atoms with Gasteiger partial charge in [-0.1, -0.05) is 18.2 Å². The molecule has 0 bridgehead atoms. The topological polar surface area (TPSA) is 64.1 Å². The van der Waals surface area contributed by atoms with Crippen molar-refractivity contribution in [3.8, 4) is 11.3 Å². The van der Waals surface area contributed by atoms with Gasteiger partial charge in [0.25, 0.3) is 0 Å². The van der Waals surface area contributed by atoms with Crippen molar-refractivity contribution in [2.24, 2.45) is 0 Å². The van der Waals surface area contributed by atoms with Crippen LogP contribution in [0.25, 0.3) is 11.3 Å². The van der Waals surface area contributed by atoms with Crippen molar-refractivity contribution in [2.75, 3.05) is 0 Å². The molecule has 0 saturated carbocycles. The van der Waals surface area contributed by atoms with Crippen molar-refractivity contribution in [3.05, 3.63) is 83.8 Å². The molecular formula is C19H13F2N3O2. The molecule has 26 heavy (non-hydrogen) atoms. The van der Waals surface area contributed by atoms with Crippen molar-refractivity contribution in [2.45, 2.75) is 12.1 Å². The summed E-state index contributed by atoms with van der Waals surface area (Å²) in [6, 6.07) is 13.4. The van der Waals surface area contributed by atoms with Crippen LogP contribution in [0.15, 0.2) is 60.8 Å². The van der Waals surface area contributed by atoms with E-state index in [9.17, 15) is 13.6 Å². The van der Waals surface area contributed by atoms with Gasteiger partial charge in [0.1, 0.15) is 11.9 Å². The van der Waals surface area contributed by atoms with E-state index < -0.39 is 24.2 Å². The number of carbonyl (C=O) groups excluding carboxylic acids is 1. The number of ether oxygens (including phenoxy) is 1. The number of aromatic nitrogens is 2. The van der Waals surface area contributed by atoms with Crippen molar-refractivity contribution in [1.82, 2.24) is 15.3 Å². The molecule has 130 valence electrons. The van der Waals surface area contributed by atoms with Gasteiger partial charge in [-0.15, -0.1) is 0 Å². The van der Waals surface area contributed by atoms with Crippen molar-refractivity contribution < 1.29 is 18.3 Å². The van der Waals surface area contributed by atoms with Crippen molar-refractivity contribution in [3.63, 3.8) is 0 Å². The lowest BCUT2D eigenvalue weighted by Gasteiger charge is -2.17. The molecule has 1 saturated heterocycles. The summed E-state index contributed by atoms with van der Waals surface area (Å²) >= 11 is 0. The van der Waals surface area contributed by atoms with Crippen LogP contribution in [0.3, 0.4) is 0 Å². The van der Waals surface area contributed by atoms with Crippen LogP contribution < -0.4 is 5.32 Å². The number of amides is 1. The Hall–Kier alpha value is -3.35. The Labute approximate surface area is 147 Å². The molecular weight excluding hydrogens is 340 g/mol. The van der Waals surface area contributed by atoms with E-state index in [0.717, 1.165) is 0 Å². The van der Waals surface area contributed by atoms with Gasteiger partial charge in [-0.3, -0.25) is 4.98 Å². The molecule has 1 aliphatic heterocycles. The van der Waals surface area contributed by atoms with Gasteiger partial charge < -0.3 is 10.1 Å². The molecule has 2 atom stereocenters. The van der Waals surface area contributed by atoms with E-state index in [0.29, 0.717) is 22.5 Å². The van der Waals surface area contributed by atoms with Crippen LogP contribution in [0.2, 0.25) is 0 Å². The third kappa shape index (κ3) is 3.11. The highest BCUT2D eigenvalue weighted by Crippen LogP contribution is 2.36. The average molecular weight is 353 g/mol. The lowest BCUT2D eigenvalue weighted by atomic mass is 9.99. The Morgan fingerprint density at radius 2 is 1.85 bits per heavy atom. The fraction of sp³-hybridized carbons (Fsp3) is 0.105. The Balaban J connectivity index is 1.70. The number of hydrogen-bond donors (Lipinski definition) is 1. The Morgan fingerprint density at radius 1 is 1.04 bits per heavy atom. The summed E-state index contributed by atoms with van der Waals surface area (Å²) in [7, 11) is 0. The van der Waals surface area contributed by atoms with E-state index in [2.05, 4.69) is 15.3 Å². The second-order valence-electron chi connectivity index (χ2n) is 5.81. The number of halogens is 2. The van der Waals surface area contributed by atoms with Gasteiger partial charge in [0.15, 0.2) is 6.10 Å². The molecule has 3 heterocycles. The number of cyclic esters (lactones) is 1. The van der Waals surface area contributed by atoms with Gasteiger partial charge in [-0.25, -0.2) is 14.2 Å². The summed E-state index contributed by atoms with van der Waals surface area (Å²) in [4.78, 5) is 19.8. The number of rotatable bonds is 3. The first-order valence-corrected chi connectivity index (χ1v) is 7.92. The summed E-state index contributed by atoms with van der Waals surface area (Å²) in [5.41, 5.74) is 2.32. The maximum atomic E-state index is 13.4. The first kappa shape index (κ1) is 16.1. The molecule has 1 fully saturated rings. The number of nitrogens with one attached hydrogen (secondary N) is 1. The molecule has 1 aliphatic rings. The van der Waals surface area contributed by atoms with Crippen LogP contribution in [0.5, 0.6) is 0 Å². The van der Waals surface area contributed by atoms with E-state index in [1.807, 2.05) is 0 Å². The van der Waals surface area contributed by atoms with E-state index in [1.165, 1.54) is 24.4 Å². The molecule has 0 aliphatic carbocycles. The van der Waals surface area contributed by atoms with Crippen molar-refractivity contribution >= 4 is 6.09 Å². The van der Waals surface area contributed by atoms with E-state index in [-0.39, 0.29) is 5.82 Å². The van der Waals surface area contributed by atoms with Crippen LogP contribution in [0.1, 0.15) is 23.4 Å². The van der Waals surface area contributed by atoms with Gasteiger partial charge in [-0.05, 0) is 35.9 Å². The largest absolute Gasteiger partial charge is 0.439 e. The number of pyridine rings is 2. The highest BCUT2D eigenvalue weighted by atomic mass is 19.1. The molecule has 0 spiro atoms. The van der Waals surface area contributed by atoms with Gasteiger partial charge in [0, 0.05) is 17.8 Å². The molecule has 1 aromatic carbocycles. The Morgan fingerprint density at radius 3 is 2.62 bits per heavy atom. The second kappa shape index (κ2) is 6.51. The highest BCUT2D eigenvalue weighted by molar-refractivity contribution is 5.71. The highest BCUT2D eigenvalue weighted by Gasteiger charge is 2.37. The number of benzene rings is 1. The molecule has 5 nitrogen and oxygen atoms in total. The zero-order valence-corrected chi connectivity index (χ0v) is 13.4. The van der Waals surface area contributed by atoms with Gasteiger partial charge in [0.2, 0.25) is 5.95 Å². The van der Waals surface area contributed by atoms with Crippen LogP contribution in [0, 0.1) is 11.8 Å². The van der Waals surface area contributed by atoms with Crippen molar-refractivity contribution in [1.29, 1.82) is 0 Å². The van der Waals surface area contributed by atoms with Crippen LogP contribution in [-0.4, -0.2) is 16.1 Å². The molecule has 0 radical (unpaired) electrons. The summed E-state index contributed by atoms with van der Waals surface area (Å²) < 4.78 is 31.9. The van der Waals surface area contributed by atoms with Gasteiger partial charge in [0.05, 0.1) is 11.4 Å². The number of nitrogens with zero attached hydrogens (tertiary/aromatic N) is 2. The molecule has 2 aromatic heterocycles. The molecule has 1 amide bonds. The maximum Gasteiger partial charge on any atom is 0.408 e. The smallest absolute Gasteiger partial charge is 0.408 e. The van der Waals surface area contributed by atoms with Crippen LogP contribution in [0.4, 0.5) is 13.6 Å². The molecule has 0 unspecified atom stereocenters. The first-order chi connectivity index (χ1) is 12.6. The number of carbonyl (C=O) groups is 1. The standard InChI is InChI=1S/C19H13F2N3O2/c20-13-6-4-11(5-7-13)18-17(24-19(25)26-18)15-3-1-2-14(23-15)12-8-9-22-16(21)10-12/h1-10,17-18H,(H,24,25)/t17-,18-/m1/s1. The summed E-state index contributed by atoms with van der Waals surface area (Å²) in [5, 5.41) is 2.72. The fourth-order valence-electron chi connectivity index (χ4n) is 2.91. The van der Waals surface area contributed by atoms with E-state index in [4.69, 9.17) is 4.74 Å². The third-order valence-electron chi connectivity index (χ3n) is 4.12. The van der Waals surface area contributed by atoms with E-state index in [1.54, 1.807) is 36.4 Å². The Kier molecular flexibility index (Phi) is 4.04. The summed E-state index contributed by atoms with van der Waals surface area (Å²) in [5.74, 6) is -0.973. The first-order valence-electron chi connectivity index (χ1n) is 7.92. The zero-order valence-electron chi connectivity index (χ0n) is 13.4. The van der Waals surface area contributed by atoms with Crippen LogP contribution >= 0.6 is 0 Å². The van der Waals surface area contributed by atoms with Gasteiger partial charge >= 0.3 is 6.09 Å². The molecule has 3 aromatic rings. The van der Waals surface area contributed by atoms with E-state index >= 15 is 0 Å². The molecule has 4 rings (SSSR count). The average Bonchev–Trinajstić information content (AvgIpc) is 3.04. The van der Waals surface area contributed by atoms with Crippen LogP contribution in [-0.2, 0) is 4.74 Å². The van der Waals surface area contributed by atoms with Gasteiger partial charge in [-0.2, -0.15) is 4.39 Å². The minimum atomic E-state index is -0.639. The summed E-state index contributed by atoms with van der Waals surface area (Å²) in [6.45, 7) is 0. The third-order valence-corrected chi connectivity index (χ3v) is 4.12. The molecule has 7 heteroatoms. The second-order valence-corrected chi connectivity index (χ2v) is 5.81. The lowest BCUT2D eigenvalue weighted by Crippen LogP contribution is -2.20. The summed E-state index contributed by atoms with van der Waals surface area (Å²) in [6.07, 6.45) is 0.146. The quantitative estimate of drug-likeness (QED) is 0.725. The predicted octanol–water partition coefficient (Wildman–Crippen LogP) is 3.94. The SMILES string of the molecule is O=C1N[C@H](c2cccc(-c3ccnc(F)c3)n2)[C@@H](c2ccc(F)cc2)O1. The number of alkyl carbamates (subject to hydrolysis) is 1. The lowest BCUT2D eigenvalue weighted by molar-refractivity contribution is 0.132. The molecule has 1 N–H and O–H groups in total. The predicted molar refractivity (Wildman–Crippen MR) is 88.9 cm³/mol. The monoisotopic (exact) mass is 353 g/mol. The maximum absolute atomic E-state index is 13.4. The Bertz CT molecular complexity index is 963. The minimum absolute atomic E-state index is 0.373. The fourth-order valence-corrected chi connectivity index (χ4v) is 2.91. The number of hydrogen-bond acceptors (Lipinski definition) is 4. The normalized spacial score (nSPS) is 19.1.